The van der Waals surface area contributed by atoms with Crippen molar-refractivity contribution in [2.75, 3.05) is 46.3 Å². The molecule has 138 valence electrons. The Hall–Kier alpha value is -0.510. The van der Waals surface area contributed by atoms with Crippen LogP contribution in [-0.2, 0) is 16.0 Å². The number of nitrogens with zero attached hydrogens (tertiary/aromatic N) is 1. The SMILES string of the molecule is CCNC(=NCc1ccc(SC)cc1)NCCCOCCOC.I. The summed E-state index contributed by atoms with van der Waals surface area (Å²) in [6, 6.07) is 8.52. The third-order valence-corrected chi connectivity index (χ3v) is 3.86. The van der Waals surface area contributed by atoms with Gasteiger partial charge in [0.15, 0.2) is 5.96 Å². The second kappa shape index (κ2) is 16.0. The zero-order chi connectivity index (χ0) is 16.8. The Morgan fingerprint density at radius 3 is 2.50 bits per heavy atom. The Kier molecular flexibility index (Phi) is 15.6. The topological polar surface area (TPSA) is 54.9 Å². The molecule has 0 atom stereocenters. The Morgan fingerprint density at radius 1 is 1.12 bits per heavy atom. The van der Waals surface area contributed by atoms with Crippen LogP contribution in [0.3, 0.4) is 0 Å². The fourth-order valence-corrected chi connectivity index (χ4v) is 2.28. The number of methoxy groups -OCH3 is 1. The van der Waals surface area contributed by atoms with E-state index in [2.05, 4.69) is 53.1 Å². The highest BCUT2D eigenvalue weighted by molar-refractivity contribution is 14.0. The number of ether oxygens (including phenoxy) is 2. The van der Waals surface area contributed by atoms with Gasteiger partial charge in [-0.15, -0.1) is 35.7 Å². The van der Waals surface area contributed by atoms with E-state index in [1.54, 1.807) is 18.9 Å². The fourth-order valence-electron chi connectivity index (χ4n) is 1.87. The van der Waals surface area contributed by atoms with Crippen LogP contribution in [0, 0.1) is 0 Å². The summed E-state index contributed by atoms with van der Waals surface area (Å²) in [6.45, 7) is 6.45. The van der Waals surface area contributed by atoms with Crippen molar-refractivity contribution in [2.24, 2.45) is 4.99 Å². The van der Waals surface area contributed by atoms with E-state index < -0.39 is 0 Å². The second-order valence-electron chi connectivity index (χ2n) is 4.93. The standard InChI is InChI=1S/C17H29N3O2S.HI/c1-4-18-17(19-10-5-11-22-13-12-21-2)20-14-15-6-8-16(23-3)9-7-15;/h6-9H,4-5,10-14H2,1-3H3,(H2,18,19,20);1H. The monoisotopic (exact) mass is 467 g/mol. The highest BCUT2D eigenvalue weighted by atomic mass is 127. The van der Waals surface area contributed by atoms with Crippen molar-refractivity contribution < 1.29 is 9.47 Å². The van der Waals surface area contributed by atoms with Gasteiger partial charge in [-0.05, 0) is 37.3 Å². The summed E-state index contributed by atoms with van der Waals surface area (Å²) >= 11 is 1.75. The van der Waals surface area contributed by atoms with Gasteiger partial charge in [-0.1, -0.05) is 12.1 Å². The number of nitrogens with one attached hydrogen (secondary N) is 2. The molecule has 0 spiro atoms. The second-order valence-corrected chi connectivity index (χ2v) is 5.81. The molecule has 0 saturated heterocycles. The average Bonchev–Trinajstić information content (AvgIpc) is 2.59. The fraction of sp³-hybridized carbons (Fsp3) is 0.588. The largest absolute Gasteiger partial charge is 0.382 e. The van der Waals surface area contributed by atoms with E-state index in [4.69, 9.17) is 9.47 Å². The van der Waals surface area contributed by atoms with Crippen molar-refractivity contribution in [3.05, 3.63) is 29.8 Å². The molecule has 0 radical (unpaired) electrons. The first-order valence-corrected chi connectivity index (χ1v) is 9.24. The number of aliphatic imine (C=N–C) groups is 1. The van der Waals surface area contributed by atoms with Crippen LogP contribution in [0.15, 0.2) is 34.2 Å². The van der Waals surface area contributed by atoms with Gasteiger partial charge < -0.3 is 20.1 Å². The molecule has 2 N–H and O–H groups in total. The third kappa shape index (κ3) is 11.1. The van der Waals surface area contributed by atoms with Gasteiger partial charge in [-0.3, -0.25) is 0 Å². The minimum atomic E-state index is 0. The Balaban J connectivity index is 0.00000529. The molecule has 0 saturated carbocycles. The molecule has 5 nitrogen and oxygen atoms in total. The lowest BCUT2D eigenvalue weighted by Crippen LogP contribution is -2.38. The minimum absolute atomic E-state index is 0. The van der Waals surface area contributed by atoms with Crippen molar-refractivity contribution >= 4 is 41.7 Å². The molecule has 0 amide bonds. The highest BCUT2D eigenvalue weighted by Gasteiger charge is 1.98. The Morgan fingerprint density at radius 2 is 1.88 bits per heavy atom. The molecule has 7 heteroatoms. The molecular weight excluding hydrogens is 437 g/mol. The van der Waals surface area contributed by atoms with Crippen LogP contribution >= 0.6 is 35.7 Å². The van der Waals surface area contributed by atoms with Gasteiger partial charge in [0, 0.05) is 31.7 Å². The zero-order valence-electron chi connectivity index (χ0n) is 14.8. The summed E-state index contributed by atoms with van der Waals surface area (Å²) in [7, 11) is 1.68. The first-order valence-electron chi connectivity index (χ1n) is 8.02. The number of halogens is 1. The molecule has 0 aliphatic carbocycles. The van der Waals surface area contributed by atoms with E-state index in [9.17, 15) is 0 Å². The molecule has 0 aromatic heterocycles. The van der Waals surface area contributed by atoms with Gasteiger partial charge >= 0.3 is 0 Å². The maximum Gasteiger partial charge on any atom is 0.191 e. The zero-order valence-corrected chi connectivity index (χ0v) is 18.0. The maximum atomic E-state index is 5.44. The Labute approximate surface area is 167 Å². The van der Waals surface area contributed by atoms with Crippen LogP contribution in [0.4, 0.5) is 0 Å². The third-order valence-electron chi connectivity index (χ3n) is 3.11. The van der Waals surface area contributed by atoms with Crippen molar-refractivity contribution in [3.63, 3.8) is 0 Å². The lowest BCUT2D eigenvalue weighted by atomic mass is 10.2. The predicted octanol–water partition coefficient (Wildman–Crippen LogP) is 3.13. The van der Waals surface area contributed by atoms with Crippen molar-refractivity contribution in [1.29, 1.82) is 0 Å². The van der Waals surface area contributed by atoms with E-state index in [0.717, 1.165) is 32.1 Å². The van der Waals surface area contributed by atoms with Gasteiger partial charge in [0.05, 0.1) is 19.8 Å². The van der Waals surface area contributed by atoms with Gasteiger partial charge in [-0.2, -0.15) is 0 Å². The molecule has 0 aliphatic heterocycles. The maximum absolute atomic E-state index is 5.44. The molecular formula is C17H30IN3O2S. The summed E-state index contributed by atoms with van der Waals surface area (Å²) in [5.41, 5.74) is 1.21. The number of guanidine groups is 1. The number of hydrogen-bond donors (Lipinski definition) is 2. The Bertz CT molecular complexity index is 444. The van der Waals surface area contributed by atoms with Crippen LogP contribution in [0.1, 0.15) is 18.9 Å². The van der Waals surface area contributed by atoms with Gasteiger partial charge in [-0.25, -0.2) is 4.99 Å². The summed E-state index contributed by atoms with van der Waals surface area (Å²) < 4.78 is 10.4. The molecule has 1 rings (SSSR count). The quantitative estimate of drug-likeness (QED) is 0.172. The molecule has 0 bridgehead atoms. The van der Waals surface area contributed by atoms with Gasteiger partial charge in [0.1, 0.15) is 0 Å². The lowest BCUT2D eigenvalue weighted by Gasteiger charge is -2.11. The van der Waals surface area contributed by atoms with Crippen LogP contribution in [0.2, 0.25) is 0 Å². The summed E-state index contributed by atoms with van der Waals surface area (Å²) in [4.78, 5) is 5.89. The predicted molar refractivity (Wildman–Crippen MR) is 114 cm³/mol. The average molecular weight is 467 g/mol. The molecule has 0 heterocycles. The van der Waals surface area contributed by atoms with Gasteiger partial charge in [0.25, 0.3) is 0 Å². The number of thioether (sulfide) groups is 1. The van der Waals surface area contributed by atoms with E-state index in [-0.39, 0.29) is 24.0 Å². The normalized spacial score (nSPS) is 11.0. The molecule has 0 fully saturated rings. The number of benzene rings is 1. The van der Waals surface area contributed by atoms with Crippen LogP contribution in [0.5, 0.6) is 0 Å². The molecule has 0 aliphatic rings. The lowest BCUT2D eigenvalue weighted by molar-refractivity contribution is 0.0698. The highest BCUT2D eigenvalue weighted by Crippen LogP contribution is 2.15. The van der Waals surface area contributed by atoms with Gasteiger partial charge in [0.2, 0.25) is 0 Å². The number of rotatable bonds is 11. The molecule has 0 unspecified atom stereocenters. The van der Waals surface area contributed by atoms with E-state index in [0.29, 0.717) is 19.8 Å². The van der Waals surface area contributed by atoms with Crippen LogP contribution < -0.4 is 10.6 Å². The summed E-state index contributed by atoms with van der Waals surface area (Å²) in [5, 5.41) is 6.59. The summed E-state index contributed by atoms with van der Waals surface area (Å²) in [6.07, 6.45) is 3.02. The summed E-state index contributed by atoms with van der Waals surface area (Å²) in [5.74, 6) is 0.846. The van der Waals surface area contributed by atoms with Crippen LogP contribution in [-0.4, -0.2) is 52.2 Å². The van der Waals surface area contributed by atoms with E-state index in [1.807, 2.05) is 0 Å². The smallest absolute Gasteiger partial charge is 0.191 e. The van der Waals surface area contributed by atoms with Crippen LogP contribution in [0.25, 0.3) is 0 Å². The first kappa shape index (κ1) is 23.5. The van der Waals surface area contributed by atoms with Crippen molar-refractivity contribution in [3.8, 4) is 0 Å². The number of hydrogen-bond acceptors (Lipinski definition) is 4. The molecule has 1 aromatic carbocycles. The van der Waals surface area contributed by atoms with Crippen molar-refractivity contribution in [1.82, 2.24) is 10.6 Å². The van der Waals surface area contributed by atoms with E-state index in [1.165, 1.54) is 10.5 Å². The molecule has 24 heavy (non-hydrogen) atoms. The minimum Gasteiger partial charge on any atom is -0.382 e. The van der Waals surface area contributed by atoms with Crippen molar-refractivity contribution in [2.45, 2.75) is 24.8 Å². The van der Waals surface area contributed by atoms with E-state index >= 15 is 0 Å². The first-order chi connectivity index (χ1) is 11.3. The molecule has 1 aromatic rings.